The molecule has 29 heavy (non-hydrogen) atoms. The second kappa shape index (κ2) is 9.36. The lowest BCUT2D eigenvalue weighted by Crippen LogP contribution is -2.47. The first-order valence-corrected chi connectivity index (χ1v) is 9.57. The zero-order chi connectivity index (χ0) is 21.0. The maximum absolute atomic E-state index is 14.8. The number of rotatable bonds is 7. The second-order valence-electron chi connectivity index (χ2n) is 7.13. The molecule has 2 heterocycles. The summed E-state index contributed by atoms with van der Waals surface area (Å²) in [6, 6.07) is 2.30. The van der Waals surface area contributed by atoms with Crippen molar-refractivity contribution in [3.8, 4) is 0 Å². The van der Waals surface area contributed by atoms with Gasteiger partial charge in [0.1, 0.15) is 11.8 Å². The van der Waals surface area contributed by atoms with E-state index in [1.165, 1.54) is 11.8 Å². The van der Waals surface area contributed by atoms with Crippen LogP contribution in [0.25, 0.3) is 0 Å². The fraction of sp³-hybridized carbons (Fsp3) is 0.579. The molecule has 160 valence electrons. The van der Waals surface area contributed by atoms with Gasteiger partial charge in [0.15, 0.2) is 11.6 Å². The molecule has 1 N–H and O–H groups in total. The second-order valence-corrected chi connectivity index (χ2v) is 7.13. The van der Waals surface area contributed by atoms with E-state index in [1.807, 2.05) is 0 Å². The normalized spacial score (nSPS) is 20.1. The highest BCUT2D eigenvalue weighted by atomic mass is 19.1. The minimum Gasteiger partial charge on any atom is -0.442 e. The highest BCUT2D eigenvalue weighted by Gasteiger charge is 2.34. The Morgan fingerprint density at radius 3 is 2.48 bits per heavy atom. The van der Waals surface area contributed by atoms with Crippen LogP contribution in [0, 0.1) is 11.6 Å². The molecule has 0 unspecified atom stereocenters. The molecule has 2 saturated heterocycles. The van der Waals surface area contributed by atoms with E-state index in [-0.39, 0.29) is 30.4 Å². The summed E-state index contributed by atoms with van der Waals surface area (Å²) < 4.78 is 39.8. The highest BCUT2D eigenvalue weighted by molar-refractivity contribution is 5.90. The van der Waals surface area contributed by atoms with Crippen LogP contribution in [-0.4, -0.2) is 82.5 Å². The van der Waals surface area contributed by atoms with Gasteiger partial charge >= 0.3 is 6.09 Å². The van der Waals surface area contributed by atoms with Crippen molar-refractivity contribution in [1.29, 1.82) is 0 Å². The van der Waals surface area contributed by atoms with Crippen LogP contribution in [0.4, 0.5) is 25.0 Å². The van der Waals surface area contributed by atoms with E-state index in [1.54, 1.807) is 12.0 Å². The number of cyclic esters (lactones) is 1. The number of halogens is 2. The van der Waals surface area contributed by atoms with Crippen LogP contribution >= 0.6 is 0 Å². The lowest BCUT2D eigenvalue weighted by Gasteiger charge is -2.36. The number of carbonyl (C=O) groups excluding carboxylic acids is 2. The Hall–Kier alpha value is -2.46. The molecule has 0 saturated carbocycles. The van der Waals surface area contributed by atoms with Gasteiger partial charge in [0.25, 0.3) is 0 Å². The molecule has 1 aromatic rings. The van der Waals surface area contributed by atoms with E-state index >= 15 is 0 Å². The van der Waals surface area contributed by atoms with Crippen molar-refractivity contribution in [3.63, 3.8) is 0 Å². The van der Waals surface area contributed by atoms with Gasteiger partial charge in [0, 0.05) is 58.9 Å². The lowest BCUT2D eigenvalue weighted by atomic mass is 10.2. The third-order valence-electron chi connectivity index (χ3n) is 5.07. The van der Waals surface area contributed by atoms with Gasteiger partial charge in [0.2, 0.25) is 5.91 Å². The fourth-order valence-electron chi connectivity index (χ4n) is 3.52. The van der Waals surface area contributed by atoms with Gasteiger partial charge in [-0.1, -0.05) is 0 Å². The molecule has 0 radical (unpaired) electrons. The summed E-state index contributed by atoms with van der Waals surface area (Å²) in [5, 5.41) is 2.56. The van der Waals surface area contributed by atoms with Crippen LogP contribution in [0.2, 0.25) is 0 Å². The Morgan fingerprint density at radius 1 is 1.24 bits per heavy atom. The molecule has 0 spiro atoms. The monoisotopic (exact) mass is 412 g/mol. The molecule has 2 aliphatic rings. The van der Waals surface area contributed by atoms with Gasteiger partial charge in [-0.2, -0.15) is 0 Å². The summed E-state index contributed by atoms with van der Waals surface area (Å²) in [4.78, 5) is 28.1. The van der Waals surface area contributed by atoms with Gasteiger partial charge in [0.05, 0.1) is 25.4 Å². The molecule has 0 bridgehead atoms. The predicted molar refractivity (Wildman–Crippen MR) is 103 cm³/mol. The number of piperazine rings is 1. The molecule has 3 rings (SSSR count). The maximum Gasteiger partial charge on any atom is 0.414 e. The smallest absolute Gasteiger partial charge is 0.414 e. The van der Waals surface area contributed by atoms with Crippen molar-refractivity contribution in [2.45, 2.75) is 13.0 Å². The Morgan fingerprint density at radius 2 is 1.90 bits per heavy atom. The predicted octanol–water partition coefficient (Wildman–Crippen LogP) is 1.19. The van der Waals surface area contributed by atoms with Crippen molar-refractivity contribution < 1.29 is 27.8 Å². The van der Waals surface area contributed by atoms with Crippen molar-refractivity contribution in [1.82, 2.24) is 10.2 Å². The molecule has 0 aromatic heterocycles. The van der Waals surface area contributed by atoms with Gasteiger partial charge in [-0.25, -0.2) is 13.6 Å². The topological polar surface area (TPSA) is 74.3 Å². The lowest BCUT2D eigenvalue weighted by molar-refractivity contribution is -0.119. The Balaban J connectivity index is 1.67. The molecule has 1 aromatic carbocycles. The van der Waals surface area contributed by atoms with Crippen LogP contribution in [-0.2, 0) is 14.3 Å². The van der Waals surface area contributed by atoms with E-state index < -0.39 is 23.8 Å². The zero-order valence-corrected chi connectivity index (χ0v) is 16.6. The highest BCUT2D eigenvalue weighted by Crippen LogP contribution is 2.31. The minimum absolute atomic E-state index is 0.0810. The molecular weight excluding hydrogens is 386 g/mol. The van der Waals surface area contributed by atoms with Crippen molar-refractivity contribution in [3.05, 3.63) is 23.8 Å². The van der Waals surface area contributed by atoms with E-state index in [0.717, 1.165) is 18.7 Å². The summed E-state index contributed by atoms with van der Waals surface area (Å²) in [6.07, 6.45) is -1.27. The Labute approximate surface area is 168 Å². The number of hydrogen-bond donors (Lipinski definition) is 1. The molecule has 0 aliphatic carbocycles. The van der Waals surface area contributed by atoms with Crippen molar-refractivity contribution in [2.24, 2.45) is 0 Å². The first kappa shape index (κ1) is 21.3. The van der Waals surface area contributed by atoms with Crippen LogP contribution < -0.4 is 15.1 Å². The third-order valence-corrected chi connectivity index (χ3v) is 5.07. The summed E-state index contributed by atoms with van der Waals surface area (Å²) in [5.41, 5.74) is 0.0142. The number of anilines is 2. The van der Waals surface area contributed by atoms with Crippen LogP contribution in [0.5, 0.6) is 0 Å². The molecular formula is C19H26F2N4O4. The van der Waals surface area contributed by atoms with E-state index in [0.29, 0.717) is 32.8 Å². The molecule has 10 heteroatoms. The first-order valence-electron chi connectivity index (χ1n) is 9.57. The largest absolute Gasteiger partial charge is 0.442 e. The molecule has 1 atom stereocenters. The molecule has 2 fully saturated rings. The summed E-state index contributed by atoms with van der Waals surface area (Å²) in [5.74, 6) is -1.69. The van der Waals surface area contributed by atoms with Gasteiger partial charge in [-0.3, -0.25) is 14.6 Å². The SMILES string of the molecule is COCCN1CCN(c2c(F)cc(N3C[C@H](CNC(C)=O)OC3=O)cc2F)CC1. The van der Waals surface area contributed by atoms with Crippen LogP contribution in [0.1, 0.15) is 6.92 Å². The zero-order valence-electron chi connectivity index (χ0n) is 16.6. The number of nitrogens with zero attached hydrogens (tertiary/aromatic N) is 3. The standard InChI is InChI=1S/C19H26F2N4O4/c1-13(26)22-11-15-12-25(19(27)29-15)14-9-16(20)18(17(21)10-14)24-5-3-23(4-6-24)7-8-28-2/h9-10,15H,3-8,11-12H2,1-2H3,(H,22,26)/t15-/m0/s1. The quantitative estimate of drug-likeness (QED) is 0.726. The molecule has 2 aliphatic heterocycles. The summed E-state index contributed by atoms with van der Waals surface area (Å²) >= 11 is 0. The van der Waals surface area contributed by atoms with Crippen molar-refractivity contribution >= 4 is 23.4 Å². The average molecular weight is 412 g/mol. The number of amides is 2. The van der Waals surface area contributed by atoms with Gasteiger partial charge < -0.3 is 19.7 Å². The van der Waals surface area contributed by atoms with Crippen LogP contribution in [0.3, 0.4) is 0 Å². The number of ether oxygens (including phenoxy) is 2. The van der Waals surface area contributed by atoms with Crippen LogP contribution in [0.15, 0.2) is 12.1 Å². The van der Waals surface area contributed by atoms with E-state index in [4.69, 9.17) is 9.47 Å². The third kappa shape index (κ3) is 5.13. The van der Waals surface area contributed by atoms with Gasteiger partial charge in [-0.15, -0.1) is 0 Å². The number of benzene rings is 1. The number of nitrogens with one attached hydrogen (secondary N) is 1. The average Bonchev–Trinajstić information content (AvgIpc) is 3.06. The Kier molecular flexibility index (Phi) is 6.86. The molecule has 8 nitrogen and oxygen atoms in total. The first-order chi connectivity index (χ1) is 13.9. The maximum atomic E-state index is 14.8. The molecule has 2 amide bonds. The fourth-order valence-corrected chi connectivity index (χ4v) is 3.52. The number of hydrogen-bond acceptors (Lipinski definition) is 6. The van der Waals surface area contributed by atoms with E-state index in [9.17, 15) is 18.4 Å². The van der Waals surface area contributed by atoms with Crippen molar-refractivity contribution in [2.75, 3.05) is 69.3 Å². The number of carbonyl (C=O) groups is 2. The van der Waals surface area contributed by atoms with E-state index in [2.05, 4.69) is 10.2 Å². The summed E-state index contributed by atoms with van der Waals surface area (Å²) in [6.45, 7) is 5.39. The Bertz CT molecular complexity index is 733. The number of methoxy groups -OCH3 is 1. The van der Waals surface area contributed by atoms with Gasteiger partial charge in [-0.05, 0) is 0 Å². The minimum atomic E-state index is -0.719. The summed E-state index contributed by atoms with van der Waals surface area (Å²) in [7, 11) is 1.64.